The molecule has 3 N–H and O–H groups in total. The van der Waals surface area contributed by atoms with Crippen LogP contribution in [-0.2, 0) is 17.8 Å². The maximum Gasteiger partial charge on any atom is 0.229 e. The van der Waals surface area contributed by atoms with Gasteiger partial charge in [-0.1, -0.05) is 18.2 Å². The largest absolute Gasteiger partial charge is 0.760 e. The molecule has 0 amide bonds. The Morgan fingerprint density at radius 3 is 2.74 bits per heavy atom. The van der Waals surface area contributed by atoms with Gasteiger partial charge in [0.05, 0.1) is 21.7 Å². The number of likely N-dealkylation sites (tertiary alicyclic amines) is 1. The molecule has 0 radical (unpaired) electrons. The second-order valence-electron chi connectivity index (χ2n) is 10.3. The van der Waals surface area contributed by atoms with Crippen LogP contribution < -0.4 is 15.4 Å². The van der Waals surface area contributed by atoms with Crippen molar-refractivity contribution in [2.75, 3.05) is 30.8 Å². The van der Waals surface area contributed by atoms with Crippen LogP contribution in [-0.4, -0.2) is 53.5 Å². The molecule has 2 fully saturated rings. The first-order valence-electron chi connectivity index (χ1n) is 12.4. The molecule has 1 aliphatic heterocycles. The van der Waals surface area contributed by atoms with Gasteiger partial charge in [0.2, 0.25) is 5.95 Å². The lowest BCUT2D eigenvalue weighted by Crippen LogP contribution is -2.60. The van der Waals surface area contributed by atoms with Gasteiger partial charge >= 0.3 is 0 Å². The maximum absolute atomic E-state index is 10.9. The van der Waals surface area contributed by atoms with Gasteiger partial charge in [0.1, 0.15) is 5.82 Å². The molecule has 38 heavy (non-hydrogen) atoms. The fourth-order valence-corrected chi connectivity index (χ4v) is 6.39. The highest BCUT2D eigenvalue weighted by Gasteiger charge is 2.52. The molecule has 1 spiro atoms. The van der Waals surface area contributed by atoms with Crippen molar-refractivity contribution in [2.45, 2.75) is 32.4 Å². The Morgan fingerprint density at radius 1 is 1.18 bits per heavy atom. The summed E-state index contributed by atoms with van der Waals surface area (Å²) in [5.41, 5.74) is 5.08. The molecule has 1 aliphatic carbocycles. The highest BCUT2D eigenvalue weighted by atomic mass is 79.9. The van der Waals surface area contributed by atoms with Crippen LogP contribution in [0.2, 0.25) is 0 Å². The molecule has 4 aromatic rings. The number of para-hydroxylation sites is 1. The number of aromatic nitrogens is 4. The number of nitrogens with zero attached hydrogens (tertiary/aromatic N) is 5. The SMILES string of the molecule is Cc1nn(C2CC3(C2)CN(C)C3)c2ccc(Nc3ncc(Br)c(Nc4ccccc4CNS(=O)[O-])n3)cc12. The van der Waals surface area contributed by atoms with Crippen LogP contribution in [0.15, 0.2) is 53.1 Å². The lowest BCUT2D eigenvalue weighted by Gasteiger charge is -2.58. The standard InChI is InChI=1S/C26H29BrN8O2S/c1-16-20-9-18(7-8-23(20)35(33-16)19-10-26(11-19)14-34(2)15-26)30-25-28-13-21(27)24(32-25)31-22-6-4-3-5-17(22)12-29-38(36)37/h3-9,13,19,29H,10-12,14-15H2,1-2H3,(H,36,37)(H2,28,30,31,32)/p-1. The third-order valence-electron chi connectivity index (χ3n) is 7.44. The average molecular weight is 597 g/mol. The lowest BCUT2D eigenvalue weighted by molar-refractivity contribution is -0.0775. The number of rotatable bonds is 8. The number of benzene rings is 2. The van der Waals surface area contributed by atoms with E-state index in [0.29, 0.717) is 27.7 Å². The minimum atomic E-state index is -2.35. The van der Waals surface area contributed by atoms with Crippen LogP contribution in [0.5, 0.6) is 0 Å². The second kappa shape index (κ2) is 10.0. The number of fused-ring (bicyclic) bond motifs is 1. The zero-order valence-electron chi connectivity index (χ0n) is 21.1. The summed E-state index contributed by atoms with van der Waals surface area (Å²) in [6, 6.07) is 14.2. The molecule has 10 nitrogen and oxygen atoms in total. The topological polar surface area (TPSA) is 123 Å². The number of aryl methyl sites for hydroxylation is 1. The van der Waals surface area contributed by atoms with E-state index < -0.39 is 11.3 Å². The van der Waals surface area contributed by atoms with Gasteiger partial charge < -0.3 is 20.1 Å². The molecule has 1 saturated heterocycles. The highest BCUT2D eigenvalue weighted by Crippen LogP contribution is 2.54. The van der Waals surface area contributed by atoms with E-state index in [2.05, 4.69) is 76.9 Å². The first-order chi connectivity index (χ1) is 18.3. The average Bonchev–Trinajstić information content (AvgIpc) is 3.17. The predicted octanol–water partition coefficient (Wildman–Crippen LogP) is 4.53. The second-order valence-corrected chi connectivity index (χ2v) is 12.0. The first kappa shape index (κ1) is 25.4. The van der Waals surface area contributed by atoms with Crippen molar-refractivity contribution in [3.8, 4) is 0 Å². The van der Waals surface area contributed by atoms with Crippen LogP contribution in [0.25, 0.3) is 10.9 Å². The van der Waals surface area contributed by atoms with Gasteiger partial charge in [-0.3, -0.25) is 8.89 Å². The zero-order valence-corrected chi connectivity index (χ0v) is 23.5. The van der Waals surface area contributed by atoms with Crippen LogP contribution in [0.4, 0.5) is 23.1 Å². The molecular weight excluding hydrogens is 568 g/mol. The van der Waals surface area contributed by atoms with Gasteiger partial charge in [-0.2, -0.15) is 10.1 Å². The fourth-order valence-electron chi connectivity index (χ4n) is 5.83. The van der Waals surface area contributed by atoms with Crippen LogP contribution in [0.1, 0.15) is 30.1 Å². The molecule has 3 heterocycles. The van der Waals surface area contributed by atoms with E-state index >= 15 is 0 Å². The van der Waals surface area contributed by atoms with Crippen LogP contribution in [0.3, 0.4) is 0 Å². The van der Waals surface area contributed by atoms with Crippen molar-refractivity contribution in [1.82, 2.24) is 29.4 Å². The van der Waals surface area contributed by atoms with Gasteiger partial charge in [0.15, 0.2) is 0 Å². The summed E-state index contributed by atoms with van der Waals surface area (Å²) in [6.45, 7) is 4.62. The van der Waals surface area contributed by atoms with Gasteiger partial charge in [-0.15, -0.1) is 0 Å². The van der Waals surface area contributed by atoms with Crippen molar-refractivity contribution >= 4 is 61.2 Å². The van der Waals surface area contributed by atoms with Gasteiger partial charge in [-0.25, -0.2) is 9.71 Å². The van der Waals surface area contributed by atoms with Gasteiger partial charge in [-0.05, 0) is 78.0 Å². The van der Waals surface area contributed by atoms with Crippen molar-refractivity contribution in [2.24, 2.45) is 5.41 Å². The van der Waals surface area contributed by atoms with E-state index in [9.17, 15) is 8.76 Å². The Labute approximate surface area is 231 Å². The van der Waals surface area contributed by atoms with Crippen molar-refractivity contribution in [3.05, 3.63) is 64.4 Å². The minimum absolute atomic E-state index is 0.166. The Balaban J connectivity index is 1.20. The van der Waals surface area contributed by atoms with Gasteiger partial charge in [0.25, 0.3) is 0 Å². The number of halogens is 1. The molecule has 1 saturated carbocycles. The molecule has 2 aromatic heterocycles. The van der Waals surface area contributed by atoms with E-state index in [1.807, 2.05) is 30.3 Å². The number of nitrogens with one attached hydrogen (secondary N) is 3. The summed E-state index contributed by atoms with van der Waals surface area (Å²) in [5, 5.41) is 12.6. The highest BCUT2D eigenvalue weighted by molar-refractivity contribution is 9.10. The molecule has 0 bridgehead atoms. The Morgan fingerprint density at radius 2 is 1.97 bits per heavy atom. The first-order valence-corrected chi connectivity index (χ1v) is 14.3. The molecular formula is C26H28BrN8O2S-. The normalized spacial score (nSPS) is 17.8. The summed E-state index contributed by atoms with van der Waals surface area (Å²) in [4.78, 5) is 11.5. The van der Waals surface area contributed by atoms with E-state index in [1.165, 1.54) is 25.9 Å². The predicted molar refractivity (Wildman–Crippen MR) is 151 cm³/mol. The van der Waals surface area contributed by atoms with Crippen molar-refractivity contribution < 1.29 is 8.76 Å². The third kappa shape index (κ3) is 4.94. The molecule has 1 unspecified atom stereocenters. The third-order valence-corrected chi connectivity index (χ3v) is 8.40. The quantitative estimate of drug-likeness (QED) is 0.254. The Hall–Kier alpha value is -2.90. The minimum Gasteiger partial charge on any atom is -0.760 e. The van der Waals surface area contributed by atoms with Crippen molar-refractivity contribution in [3.63, 3.8) is 0 Å². The Kier molecular flexibility index (Phi) is 6.68. The lowest BCUT2D eigenvalue weighted by atomic mass is 9.61. The van der Waals surface area contributed by atoms with Crippen molar-refractivity contribution in [1.29, 1.82) is 0 Å². The summed E-state index contributed by atoms with van der Waals surface area (Å²) >= 11 is 1.16. The summed E-state index contributed by atoms with van der Waals surface area (Å²) in [5.74, 6) is 0.996. The van der Waals surface area contributed by atoms with E-state index in [-0.39, 0.29) is 6.54 Å². The molecule has 2 aromatic carbocycles. The molecule has 2 aliphatic rings. The monoisotopic (exact) mass is 595 g/mol. The molecule has 198 valence electrons. The summed E-state index contributed by atoms with van der Waals surface area (Å²) in [6.07, 6.45) is 4.07. The van der Waals surface area contributed by atoms with E-state index in [4.69, 9.17) is 5.10 Å². The molecule has 12 heteroatoms. The molecule has 1 atom stereocenters. The van der Waals surface area contributed by atoms with Gasteiger partial charge in [0, 0.05) is 53.9 Å². The zero-order chi connectivity index (χ0) is 26.4. The summed E-state index contributed by atoms with van der Waals surface area (Å²) in [7, 11) is 2.19. The maximum atomic E-state index is 10.9. The Bertz CT molecular complexity index is 1530. The summed E-state index contributed by atoms with van der Waals surface area (Å²) < 4.78 is 27.2. The number of hydrogen-bond donors (Lipinski definition) is 3. The van der Waals surface area contributed by atoms with E-state index in [1.54, 1.807) is 6.20 Å². The van der Waals surface area contributed by atoms with Crippen LogP contribution >= 0.6 is 15.9 Å². The number of anilines is 4. The van der Waals surface area contributed by atoms with Crippen LogP contribution in [0, 0.1) is 12.3 Å². The fraction of sp³-hybridized carbons (Fsp3) is 0.346. The molecule has 6 rings (SSSR count). The smallest absolute Gasteiger partial charge is 0.229 e. The number of hydrogen-bond acceptors (Lipinski definition) is 8. The van der Waals surface area contributed by atoms with E-state index in [0.717, 1.165) is 33.5 Å².